The first-order valence-corrected chi connectivity index (χ1v) is 11.2. The number of methoxy groups -OCH3 is 1. The Morgan fingerprint density at radius 1 is 1.26 bits per heavy atom. The number of nitro groups is 1. The van der Waals surface area contributed by atoms with Gasteiger partial charge in [0, 0.05) is 36.7 Å². The van der Waals surface area contributed by atoms with Crippen molar-refractivity contribution in [1.82, 2.24) is 4.31 Å². The van der Waals surface area contributed by atoms with Gasteiger partial charge in [-0.1, -0.05) is 18.2 Å². The molecule has 11 heteroatoms. The third-order valence-electron chi connectivity index (χ3n) is 5.17. The van der Waals surface area contributed by atoms with E-state index < -0.39 is 32.4 Å². The Labute approximate surface area is 179 Å². The first kappa shape index (κ1) is 22.6. The summed E-state index contributed by atoms with van der Waals surface area (Å²) in [5.41, 5.74) is 0.0848. The number of hydrogen-bond donors (Lipinski definition) is 1. The highest BCUT2D eigenvalue weighted by Gasteiger charge is 2.32. The number of non-ortho nitro benzene ring substituents is 1. The molecule has 0 atom stereocenters. The van der Waals surface area contributed by atoms with E-state index in [1.54, 1.807) is 6.07 Å². The fourth-order valence-corrected chi connectivity index (χ4v) is 5.02. The zero-order chi connectivity index (χ0) is 22.6. The molecule has 1 aliphatic rings. The van der Waals surface area contributed by atoms with Crippen molar-refractivity contribution in [2.75, 3.05) is 25.5 Å². The number of amides is 1. The lowest BCUT2D eigenvalue weighted by Gasteiger charge is -2.30. The van der Waals surface area contributed by atoms with Crippen LogP contribution in [0.25, 0.3) is 0 Å². The predicted molar refractivity (Wildman–Crippen MR) is 112 cm³/mol. The van der Waals surface area contributed by atoms with Crippen LogP contribution < -0.4 is 10.1 Å². The van der Waals surface area contributed by atoms with E-state index in [0.717, 1.165) is 0 Å². The van der Waals surface area contributed by atoms with Crippen LogP contribution in [0.15, 0.2) is 42.5 Å². The minimum Gasteiger partial charge on any atom is -0.495 e. The Kier molecular flexibility index (Phi) is 6.86. The highest BCUT2D eigenvalue weighted by atomic mass is 32.2. The molecule has 0 unspecified atom stereocenters. The van der Waals surface area contributed by atoms with Crippen molar-refractivity contribution in [2.45, 2.75) is 18.6 Å². The van der Waals surface area contributed by atoms with Crippen molar-refractivity contribution >= 4 is 27.3 Å². The first-order chi connectivity index (χ1) is 14.7. The zero-order valence-electron chi connectivity index (χ0n) is 16.8. The number of carbonyl (C=O) groups is 1. The SMILES string of the molecule is COc1ccc([N+](=O)[O-])cc1NC(=O)C1CCN(S(=O)(=O)Cc2ccccc2F)CC1. The van der Waals surface area contributed by atoms with Crippen LogP contribution in [-0.4, -0.2) is 43.8 Å². The van der Waals surface area contributed by atoms with Crippen molar-refractivity contribution in [2.24, 2.45) is 5.92 Å². The van der Waals surface area contributed by atoms with Gasteiger partial charge in [0.2, 0.25) is 15.9 Å². The number of ether oxygens (including phenoxy) is 1. The van der Waals surface area contributed by atoms with Gasteiger partial charge in [0.1, 0.15) is 11.6 Å². The van der Waals surface area contributed by atoms with Crippen LogP contribution in [0.2, 0.25) is 0 Å². The topological polar surface area (TPSA) is 119 Å². The number of nitrogens with zero attached hydrogens (tertiary/aromatic N) is 2. The van der Waals surface area contributed by atoms with Gasteiger partial charge in [0.15, 0.2) is 0 Å². The molecule has 0 bridgehead atoms. The van der Waals surface area contributed by atoms with Crippen LogP contribution in [0.4, 0.5) is 15.8 Å². The van der Waals surface area contributed by atoms with Gasteiger partial charge in [-0.15, -0.1) is 0 Å². The van der Waals surface area contributed by atoms with Gasteiger partial charge in [0.05, 0.1) is 23.5 Å². The average Bonchev–Trinajstić information content (AvgIpc) is 2.75. The van der Waals surface area contributed by atoms with Gasteiger partial charge in [-0.3, -0.25) is 14.9 Å². The van der Waals surface area contributed by atoms with Crippen LogP contribution in [-0.2, 0) is 20.6 Å². The van der Waals surface area contributed by atoms with Gasteiger partial charge in [-0.25, -0.2) is 17.1 Å². The second-order valence-electron chi connectivity index (χ2n) is 7.15. The lowest BCUT2D eigenvalue weighted by molar-refractivity contribution is -0.384. The second-order valence-corrected chi connectivity index (χ2v) is 9.12. The molecule has 1 fully saturated rings. The average molecular weight is 451 g/mol. The van der Waals surface area contributed by atoms with Crippen LogP contribution >= 0.6 is 0 Å². The summed E-state index contributed by atoms with van der Waals surface area (Å²) < 4.78 is 45.5. The minimum absolute atomic E-state index is 0.0973. The monoisotopic (exact) mass is 451 g/mol. The van der Waals surface area contributed by atoms with Gasteiger partial charge in [0.25, 0.3) is 5.69 Å². The lowest BCUT2D eigenvalue weighted by atomic mass is 9.97. The molecule has 1 aliphatic heterocycles. The largest absolute Gasteiger partial charge is 0.495 e. The second kappa shape index (κ2) is 9.40. The van der Waals surface area contributed by atoms with Crippen LogP contribution in [0, 0.1) is 21.8 Å². The van der Waals surface area contributed by atoms with Gasteiger partial charge in [-0.2, -0.15) is 0 Å². The summed E-state index contributed by atoms with van der Waals surface area (Å²) in [6.45, 7) is 0.252. The van der Waals surface area contributed by atoms with Crippen LogP contribution in [0.3, 0.4) is 0 Å². The molecule has 2 aromatic rings. The quantitative estimate of drug-likeness (QED) is 0.511. The Morgan fingerprint density at radius 3 is 2.55 bits per heavy atom. The van der Waals surface area contributed by atoms with Crippen molar-refractivity contribution < 1.29 is 27.3 Å². The standard InChI is InChI=1S/C20H22FN3O6S/c1-30-19-7-6-16(24(26)27)12-18(19)22-20(25)14-8-10-23(11-9-14)31(28,29)13-15-4-2-3-5-17(15)21/h2-7,12,14H,8-11,13H2,1H3,(H,22,25). The summed E-state index contributed by atoms with van der Waals surface area (Å²) in [6, 6.07) is 9.59. The van der Waals surface area contributed by atoms with Crippen molar-refractivity contribution in [3.63, 3.8) is 0 Å². The fourth-order valence-electron chi connectivity index (χ4n) is 3.44. The Hall–Kier alpha value is -3.05. The number of sulfonamides is 1. The Morgan fingerprint density at radius 2 is 1.94 bits per heavy atom. The maximum absolute atomic E-state index is 13.8. The molecule has 1 amide bonds. The highest BCUT2D eigenvalue weighted by molar-refractivity contribution is 7.88. The van der Waals surface area contributed by atoms with Crippen molar-refractivity contribution in [1.29, 1.82) is 0 Å². The van der Waals surface area contributed by atoms with Crippen LogP contribution in [0.5, 0.6) is 5.75 Å². The molecule has 1 heterocycles. The number of nitrogens with one attached hydrogen (secondary N) is 1. The number of halogens is 1. The van der Waals surface area contributed by atoms with Gasteiger partial charge >= 0.3 is 0 Å². The van der Waals surface area contributed by atoms with Gasteiger partial charge < -0.3 is 10.1 Å². The van der Waals surface area contributed by atoms with E-state index in [1.807, 2.05) is 0 Å². The summed E-state index contributed by atoms with van der Waals surface area (Å²) in [4.78, 5) is 23.1. The molecule has 9 nitrogen and oxygen atoms in total. The molecular weight excluding hydrogens is 429 g/mol. The molecule has 31 heavy (non-hydrogen) atoms. The van der Waals surface area contributed by atoms with Crippen molar-refractivity contribution in [3.8, 4) is 5.75 Å². The molecule has 166 valence electrons. The molecule has 1 N–H and O–H groups in total. The van der Waals surface area contributed by atoms with E-state index in [0.29, 0.717) is 0 Å². The van der Waals surface area contributed by atoms with E-state index in [4.69, 9.17) is 4.74 Å². The van der Waals surface area contributed by atoms with Crippen LogP contribution in [0.1, 0.15) is 18.4 Å². The van der Waals surface area contributed by atoms with Crippen molar-refractivity contribution in [3.05, 3.63) is 64.0 Å². The van der Waals surface area contributed by atoms with E-state index in [-0.39, 0.29) is 54.5 Å². The third kappa shape index (κ3) is 5.36. The normalized spacial score (nSPS) is 15.4. The Balaban J connectivity index is 1.63. The predicted octanol–water partition coefficient (Wildman–Crippen LogP) is 2.92. The molecule has 0 radical (unpaired) electrons. The number of piperidine rings is 1. The molecule has 0 aromatic heterocycles. The first-order valence-electron chi connectivity index (χ1n) is 9.56. The molecule has 0 saturated carbocycles. The number of anilines is 1. The fraction of sp³-hybridized carbons (Fsp3) is 0.350. The summed E-state index contributed by atoms with van der Waals surface area (Å²) >= 11 is 0. The van der Waals surface area contributed by atoms with E-state index >= 15 is 0 Å². The summed E-state index contributed by atoms with van der Waals surface area (Å²) in [5.74, 6) is -1.58. The number of benzene rings is 2. The van der Waals surface area contributed by atoms with E-state index in [2.05, 4.69) is 5.32 Å². The van der Waals surface area contributed by atoms with E-state index in [1.165, 1.54) is 47.8 Å². The molecule has 3 rings (SSSR count). The summed E-state index contributed by atoms with van der Waals surface area (Å²) in [6.07, 6.45) is 0.555. The smallest absolute Gasteiger partial charge is 0.271 e. The molecule has 0 aliphatic carbocycles. The maximum Gasteiger partial charge on any atom is 0.271 e. The third-order valence-corrected chi connectivity index (χ3v) is 6.99. The highest BCUT2D eigenvalue weighted by Crippen LogP contribution is 2.30. The summed E-state index contributed by atoms with van der Waals surface area (Å²) in [5, 5.41) is 13.6. The number of rotatable bonds is 7. The minimum atomic E-state index is -3.73. The maximum atomic E-state index is 13.8. The Bertz CT molecular complexity index is 1080. The molecule has 1 saturated heterocycles. The van der Waals surface area contributed by atoms with Gasteiger partial charge in [-0.05, 0) is 25.0 Å². The zero-order valence-corrected chi connectivity index (χ0v) is 17.6. The number of hydrogen-bond acceptors (Lipinski definition) is 6. The molecule has 0 spiro atoms. The molecular formula is C20H22FN3O6S. The lowest BCUT2D eigenvalue weighted by Crippen LogP contribution is -2.42. The molecule has 2 aromatic carbocycles. The summed E-state index contributed by atoms with van der Waals surface area (Å²) in [7, 11) is -2.34. The number of carbonyl (C=O) groups excluding carboxylic acids is 1. The van der Waals surface area contributed by atoms with E-state index in [9.17, 15) is 27.7 Å². The number of nitro benzene ring substituents is 1.